The van der Waals surface area contributed by atoms with Crippen LogP contribution in [0.2, 0.25) is 0 Å². The van der Waals surface area contributed by atoms with Gasteiger partial charge in [0.15, 0.2) is 0 Å². The maximum atomic E-state index is 5.22. The Bertz CT molecular complexity index is 468. The summed E-state index contributed by atoms with van der Waals surface area (Å²) in [6, 6.07) is 0. The summed E-state index contributed by atoms with van der Waals surface area (Å²) in [7, 11) is -1.24. The molecular weight excluding hydrogens is 357 g/mol. The van der Waals surface area contributed by atoms with Crippen molar-refractivity contribution in [3.05, 3.63) is 48.7 Å². The van der Waals surface area contributed by atoms with Gasteiger partial charge in [0.05, 0.1) is 0 Å². The second-order valence-corrected chi connectivity index (χ2v) is 12.2. The summed E-state index contributed by atoms with van der Waals surface area (Å²) in [5.41, 5.74) is 3.36. The first-order valence-electron chi connectivity index (χ1n) is 9.57. The van der Waals surface area contributed by atoms with E-state index in [-0.39, 0.29) is 21.7 Å². The molecule has 0 radical (unpaired) electrons. The number of unbranched alkanes of at least 4 members (excludes halogenated alkanes) is 2. The normalized spacial score (nSPS) is 13.8. The van der Waals surface area contributed by atoms with E-state index >= 15 is 0 Å². The van der Waals surface area contributed by atoms with Crippen LogP contribution in [0.3, 0.4) is 0 Å². The van der Waals surface area contributed by atoms with Crippen LogP contribution in [-0.4, -0.2) is 17.0 Å². The average molecular weight is 397 g/mol. The summed E-state index contributed by atoms with van der Waals surface area (Å²) in [6.45, 7) is 19.9. The van der Waals surface area contributed by atoms with Crippen LogP contribution in [0.4, 0.5) is 0 Å². The number of rotatable bonds is 8. The summed E-state index contributed by atoms with van der Waals surface area (Å²) in [5.74, 6) is 0. The van der Waals surface area contributed by atoms with E-state index in [9.17, 15) is 0 Å². The van der Waals surface area contributed by atoms with Gasteiger partial charge in [0.2, 0.25) is 0 Å². The van der Waals surface area contributed by atoms with Crippen molar-refractivity contribution >= 4 is 7.05 Å². The molecule has 0 atom stereocenters. The maximum Gasteiger partial charge on any atom is 0.0425 e. The zero-order chi connectivity index (χ0) is 18.6. The zero-order valence-electron chi connectivity index (χ0n) is 17.6. The van der Waals surface area contributed by atoms with Gasteiger partial charge in [-0.25, -0.2) is 0 Å². The largest absolute Gasteiger partial charge is 0.271 e. The molecule has 1 nitrogen and oxygen atoms in total. The van der Waals surface area contributed by atoms with Gasteiger partial charge in [-0.15, -0.1) is 0 Å². The Morgan fingerprint density at radius 3 is 2.04 bits per heavy atom. The molecule has 1 rings (SSSR count). The van der Waals surface area contributed by atoms with Crippen molar-refractivity contribution in [1.82, 2.24) is 0 Å². The van der Waals surface area contributed by atoms with E-state index in [2.05, 4.69) is 79.3 Å². The molecule has 1 aliphatic rings. The van der Waals surface area contributed by atoms with Crippen molar-refractivity contribution in [2.75, 3.05) is 0 Å². The fourth-order valence-electron chi connectivity index (χ4n) is 3.38. The molecule has 25 heavy (non-hydrogen) atoms. The van der Waals surface area contributed by atoms with Crippen molar-refractivity contribution in [3.8, 4) is 0 Å². The van der Waals surface area contributed by atoms with Gasteiger partial charge in [-0.1, -0.05) is 98.3 Å². The average Bonchev–Trinajstić information content (AvgIpc) is 3.02. The number of nitrogens with zero attached hydrogens (tertiary/aromatic N) is 1. The number of hydrogen-bond donors (Lipinski definition) is 0. The van der Waals surface area contributed by atoms with Crippen LogP contribution in [-0.2, 0) is 21.7 Å². The molecule has 0 aromatic carbocycles. The van der Waals surface area contributed by atoms with Gasteiger partial charge in [-0.2, -0.15) is 0 Å². The number of allylic oxidation sites excluding steroid dienone is 6. The van der Waals surface area contributed by atoms with Crippen LogP contribution in [0, 0.1) is 0 Å². The van der Waals surface area contributed by atoms with Crippen LogP contribution in [0.25, 0.3) is 0 Å². The minimum atomic E-state index is -1.24. The first-order chi connectivity index (χ1) is 11.3. The smallest absolute Gasteiger partial charge is 0.0425 e. The fraction of sp³-hybridized carbons (Fsp3) is 0.636. The summed E-state index contributed by atoms with van der Waals surface area (Å²) < 4.78 is 5.22. The Labute approximate surface area is 173 Å². The molecule has 0 saturated carbocycles. The minimum Gasteiger partial charge on any atom is -0.271 e. The quantitative estimate of drug-likeness (QED) is 0.169. The molecule has 0 N–H and O–H groups in total. The van der Waals surface area contributed by atoms with E-state index < -0.39 is 7.05 Å². The van der Waals surface area contributed by atoms with Gasteiger partial charge in [-0.3, -0.25) is 4.74 Å². The van der Waals surface area contributed by atoms with Crippen LogP contribution >= 0.6 is 7.05 Å². The molecule has 0 heterocycles. The Balaban J connectivity index is 0. The van der Waals surface area contributed by atoms with E-state index in [4.69, 9.17) is 4.74 Å². The summed E-state index contributed by atoms with van der Waals surface area (Å²) >= 11 is 0. The third-order valence-corrected chi connectivity index (χ3v) is 10.1. The van der Waals surface area contributed by atoms with Crippen LogP contribution in [0.15, 0.2) is 53.5 Å². The van der Waals surface area contributed by atoms with E-state index in [0.29, 0.717) is 17.0 Å². The zero-order valence-corrected chi connectivity index (χ0v) is 20.1. The summed E-state index contributed by atoms with van der Waals surface area (Å²) in [5, 5.41) is 0. The molecule has 0 saturated heterocycles. The second kappa shape index (κ2) is 15.0. The van der Waals surface area contributed by atoms with Crippen LogP contribution in [0.1, 0.15) is 74.1 Å². The summed E-state index contributed by atoms with van der Waals surface area (Å²) in [4.78, 5) is 0. The Kier molecular flexibility index (Phi) is 16.3. The predicted octanol–water partition coefficient (Wildman–Crippen LogP) is 8.17. The van der Waals surface area contributed by atoms with Crippen molar-refractivity contribution in [2.24, 2.45) is 4.74 Å². The van der Waals surface area contributed by atoms with Crippen LogP contribution < -0.4 is 0 Å². The molecule has 0 bridgehead atoms. The maximum absolute atomic E-state index is 5.22. The Hall–Kier alpha value is -0.0957. The minimum absolute atomic E-state index is 0. The fourth-order valence-corrected chi connectivity index (χ4v) is 8.25. The SMILES string of the molecule is C=CC=CCCCC.CC(C)P(=NC1=CC=CC1)(C(C)C)C(C)C.[Ti]. The van der Waals surface area contributed by atoms with Gasteiger partial charge in [0.25, 0.3) is 0 Å². The Morgan fingerprint density at radius 1 is 1.12 bits per heavy atom. The molecule has 0 spiro atoms. The molecule has 0 fully saturated rings. The molecule has 142 valence electrons. The molecule has 0 amide bonds. The predicted molar refractivity (Wildman–Crippen MR) is 115 cm³/mol. The molecule has 0 aromatic heterocycles. The van der Waals surface area contributed by atoms with Gasteiger partial charge in [0.1, 0.15) is 0 Å². The molecular formula is C22H40NPTi. The monoisotopic (exact) mass is 397 g/mol. The van der Waals surface area contributed by atoms with E-state index in [1.807, 2.05) is 12.2 Å². The topological polar surface area (TPSA) is 12.4 Å². The first kappa shape index (κ1) is 27.1. The summed E-state index contributed by atoms with van der Waals surface area (Å²) in [6.07, 6.45) is 17.3. The molecule has 0 aromatic rings. The van der Waals surface area contributed by atoms with Crippen LogP contribution in [0.5, 0.6) is 0 Å². The third kappa shape index (κ3) is 9.41. The van der Waals surface area contributed by atoms with E-state index in [1.54, 1.807) is 0 Å². The molecule has 0 aliphatic heterocycles. The first-order valence-corrected chi connectivity index (χ1v) is 11.5. The van der Waals surface area contributed by atoms with E-state index in [1.165, 1.54) is 25.0 Å². The molecule has 3 heteroatoms. The van der Waals surface area contributed by atoms with Crippen molar-refractivity contribution in [2.45, 2.75) is 91.1 Å². The van der Waals surface area contributed by atoms with Gasteiger partial charge in [-0.05, 0) is 36.5 Å². The molecule has 1 aliphatic carbocycles. The van der Waals surface area contributed by atoms with Crippen molar-refractivity contribution in [1.29, 1.82) is 0 Å². The number of hydrogen-bond acceptors (Lipinski definition) is 1. The van der Waals surface area contributed by atoms with Gasteiger partial charge in [0, 0.05) is 33.8 Å². The van der Waals surface area contributed by atoms with Crippen molar-refractivity contribution < 1.29 is 21.7 Å². The third-order valence-electron chi connectivity index (χ3n) is 4.53. The van der Waals surface area contributed by atoms with Gasteiger partial charge < -0.3 is 0 Å². The van der Waals surface area contributed by atoms with E-state index in [0.717, 1.165) is 6.42 Å². The molecule has 0 unspecified atom stereocenters. The Morgan fingerprint density at radius 2 is 1.68 bits per heavy atom. The second-order valence-electron chi connectivity index (χ2n) is 7.27. The van der Waals surface area contributed by atoms with Gasteiger partial charge >= 0.3 is 0 Å². The van der Waals surface area contributed by atoms with Crippen molar-refractivity contribution in [3.63, 3.8) is 0 Å². The standard InChI is InChI=1S/C14H26NP.C8H14.Ti/c1-11(2)16(12(3)4,13(5)6)15-14-9-7-8-10-14;1-3-5-7-8-6-4-2;/h7-9,11-13H,10H2,1-6H3;3,5,7H,1,4,6,8H2,2H3;.